The first-order valence-corrected chi connectivity index (χ1v) is 10.1. The fraction of sp³-hybridized carbons (Fsp3) is 0.455. The highest BCUT2D eigenvalue weighted by molar-refractivity contribution is 5.92. The molecule has 0 radical (unpaired) electrons. The summed E-state index contributed by atoms with van der Waals surface area (Å²) in [4.78, 5) is 34.8. The van der Waals surface area contributed by atoms with Crippen LogP contribution in [0.3, 0.4) is 0 Å². The topological polar surface area (TPSA) is 84.4 Å². The molecule has 1 aromatic heterocycles. The Balaban J connectivity index is 1.43. The third kappa shape index (κ3) is 3.95. The minimum atomic E-state index is -0.587. The molecule has 1 saturated heterocycles. The minimum absolute atomic E-state index is 0.0792. The maximum absolute atomic E-state index is 12.7. The van der Waals surface area contributed by atoms with Gasteiger partial charge in [-0.3, -0.25) is 9.69 Å². The molecule has 1 saturated carbocycles. The maximum atomic E-state index is 12.7. The molecule has 0 bridgehead atoms. The van der Waals surface area contributed by atoms with Gasteiger partial charge < -0.3 is 10.1 Å². The molecule has 1 atom stereocenters. The van der Waals surface area contributed by atoms with Crippen LogP contribution in [0, 0.1) is 0 Å². The number of carbonyl (C=O) groups excluding carboxylic acids is 2. The maximum Gasteiger partial charge on any atom is 0.411 e. The molecule has 7 heteroatoms. The van der Waals surface area contributed by atoms with E-state index >= 15 is 0 Å². The van der Waals surface area contributed by atoms with Crippen molar-refractivity contribution in [2.45, 2.75) is 63.3 Å². The summed E-state index contributed by atoms with van der Waals surface area (Å²) in [6.45, 7) is 3.94. The normalized spacial score (nSPS) is 26.1. The highest BCUT2D eigenvalue weighted by Gasteiger charge is 2.51. The first-order valence-electron chi connectivity index (χ1n) is 10.1. The van der Waals surface area contributed by atoms with Gasteiger partial charge in [0.25, 0.3) is 5.91 Å². The number of nitrogens with zero attached hydrogens (tertiary/aromatic N) is 3. The van der Waals surface area contributed by atoms with E-state index in [1.807, 2.05) is 36.9 Å². The summed E-state index contributed by atoms with van der Waals surface area (Å²) in [6.07, 6.45) is 5.95. The number of hydrogen-bond donors (Lipinski definition) is 1. The van der Waals surface area contributed by atoms with E-state index in [0.29, 0.717) is 5.69 Å². The Morgan fingerprint density at radius 3 is 2.52 bits per heavy atom. The van der Waals surface area contributed by atoms with Crippen LogP contribution in [0.1, 0.15) is 61.6 Å². The SMILES string of the molecule is CC1(C)OC(=O)N(C2CCC(NC(=O)c3ccncn3)CC2)C1c1ccccc1. The van der Waals surface area contributed by atoms with Gasteiger partial charge in [-0.2, -0.15) is 0 Å². The van der Waals surface area contributed by atoms with Crippen LogP contribution in [-0.4, -0.2) is 44.6 Å². The molecule has 4 rings (SSSR count). The van der Waals surface area contributed by atoms with Crippen molar-refractivity contribution in [3.05, 3.63) is 60.2 Å². The number of ether oxygens (including phenoxy) is 1. The summed E-state index contributed by atoms with van der Waals surface area (Å²) in [6, 6.07) is 11.7. The van der Waals surface area contributed by atoms with Crippen molar-refractivity contribution in [3.63, 3.8) is 0 Å². The van der Waals surface area contributed by atoms with Gasteiger partial charge in [-0.25, -0.2) is 14.8 Å². The molecule has 1 aromatic carbocycles. The fourth-order valence-electron chi connectivity index (χ4n) is 4.51. The van der Waals surface area contributed by atoms with Crippen LogP contribution in [0.2, 0.25) is 0 Å². The monoisotopic (exact) mass is 394 g/mol. The van der Waals surface area contributed by atoms with Crippen LogP contribution in [0.5, 0.6) is 0 Å². The Bertz CT molecular complexity index is 864. The van der Waals surface area contributed by atoms with Gasteiger partial charge in [0, 0.05) is 18.3 Å². The predicted molar refractivity (Wildman–Crippen MR) is 107 cm³/mol. The van der Waals surface area contributed by atoms with Crippen LogP contribution in [0.15, 0.2) is 48.9 Å². The molecular formula is C22H26N4O3. The first-order chi connectivity index (χ1) is 14.0. The van der Waals surface area contributed by atoms with E-state index < -0.39 is 5.60 Å². The fourth-order valence-corrected chi connectivity index (χ4v) is 4.51. The van der Waals surface area contributed by atoms with E-state index in [9.17, 15) is 9.59 Å². The van der Waals surface area contributed by atoms with Crippen molar-refractivity contribution >= 4 is 12.0 Å². The number of amides is 2. The lowest BCUT2D eigenvalue weighted by Gasteiger charge is -2.38. The highest BCUT2D eigenvalue weighted by atomic mass is 16.6. The molecule has 2 aromatic rings. The van der Waals surface area contributed by atoms with Gasteiger partial charge in [0.2, 0.25) is 0 Å². The molecule has 1 aliphatic heterocycles. The molecule has 2 aliphatic rings. The van der Waals surface area contributed by atoms with Gasteiger partial charge >= 0.3 is 6.09 Å². The van der Waals surface area contributed by atoms with Crippen molar-refractivity contribution < 1.29 is 14.3 Å². The molecule has 29 heavy (non-hydrogen) atoms. The second-order valence-electron chi connectivity index (χ2n) is 8.27. The summed E-state index contributed by atoms with van der Waals surface area (Å²) >= 11 is 0. The van der Waals surface area contributed by atoms with E-state index in [4.69, 9.17) is 4.74 Å². The Morgan fingerprint density at radius 1 is 1.14 bits per heavy atom. The second-order valence-corrected chi connectivity index (χ2v) is 8.27. The molecule has 0 spiro atoms. The third-order valence-corrected chi connectivity index (χ3v) is 5.85. The molecule has 1 unspecified atom stereocenters. The molecule has 2 heterocycles. The number of aromatic nitrogens is 2. The Hall–Kier alpha value is -2.96. The summed E-state index contributed by atoms with van der Waals surface area (Å²) < 4.78 is 5.73. The zero-order chi connectivity index (χ0) is 20.4. The lowest BCUT2D eigenvalue weighted by Crippen LogP contribution is -2.46. The summed E-state index contributed by atoms with van der Waals surface area (Å²) in [5.41, 5.74) is 0.870. The van der Waals surface area contributed by atoms with E-state index in [1.165, 1.54) is 6.33 Å². The van der Waals surface area contributed by atoms with Gasteiger partial charge in [-0.1, -0.05) is 30.3 Å². The van der Waals surface area contributed by atoms with Gasteiger partial charge in [0.05, 0.1) is 6.04 Å². The number of hydrogen-bond acceptors (Lipinski definition) is 5. The summed E-state index contributed by atoms with van der Waals surface area (Å²) in [5.74, 6) is -0.181. The molecule has 152 valence electrons. The molecule has 2 fully saturated rings. The summed E-state index contributed by atoms with van der Waals surface area (Å²) in [5, 5.41) is 3.05. The average molecular weight is 394 g/mol. The third-order valence-electron chi connectivity index (χ3n) is 5.85. The average Bonchev–Trinajstić information content (AvgIpc) is 2.98. The highest BCUT2D eigenvalue weighted by Crippen LogP contribution is 2.44. The predicted octanol–water partition coefficient (Wildman–Crippen LogP) is 3.49. The number of cyclic esters (lactones) is 1. The zero-order valence-corrected chi connectivity index (χ0v) is 16.7. The second kappa shape index (κ2) is 7.81. The van der Waals surface area contributed by atoms with Crippen LogP contribution >= 0.6 is 0 Å². The molecule has 1 N–H and O–H groups in total. The van der Waals surface area contributed by atoms with Gasteiger partial charge in [-0.15, -0.1) is 0 Å². The van der Waals surface area contributed by atoms with Crippen LogP contribution in [-0.2, 0) is 4.74 Å². The Kier molecular flexibility index (Phi) is 5.22. The number of nitrogens with one attached hydrogen (secondary N) is 1. The number of carbonyl (C=O) groups is 2. The Labute approximate surface area is 170 Å². The lowest BCUT2D eigenvalue weighted by atomic mass is 9.86. The smallest absolute Gasteiger partial charge is 0.411 e. The van der Waals surface area contributed by atoms with Crippen LogP contribution in [0.4, 0.5) is 4.79 Å². The van der Waals surface area contributed by atoms with Gasteiger partial charge in [-0.05, 0) is 51.2 Å². The molecular weight excluding hydrogens is 368 g/mol. The van der Waals surface area contributed by atoms with Crippen molar-refractivity contribution in [2.75, 3.05) is 0 Å². The molecule has 7 nitrogen and oxygen atoms in total. The van der Waals surface area contributed by atoms with Crippen molar-refractivity contribution in [3.8, 4) is 0 Å². The quantitative estimate of drug-likeness (QED) is 0.858. The largest absolute Gasteiger partial charge is 0.441 e. The van der Waals surface area contributed by atoms with Gasteiger partial charge in [0.15, 0.2) is 0 Å². The van der Waals surface area contributed by atoms with E-state index in [2.05, 4.69) is 27.4 Å². The van der Waals surface area contributed by atoms with Crippen molar-refractivity contribution in [2.24, 2.45) is 0 Å². The van der Waals surface area contributed by atoms with E-state index in [1.54, 1.807) is 12.3 Å². The Morgan fingerprint density at radius 2 is 1.86 bits per heavy atom. The van der Waals surface area contributed by atoms with Crippen LogP contribution in [0.25, 0.3) is 0 Å². The van der Waals surface area contributed by atoms with E-state index in [0.717, 1.165) is 31.2 Å². The number of rotatable bonds is 4. The zero-order valence-electron chi connectivity index (χ0n) is 16.7. The van der Waals surface area contributed by atoms with E-state index in [-0.39, 0.29) is 30.1 Å². The van der Waals surface area contributed by atoms with Crippen LogP contribution < -0.4 is 5.32 Å². The minimum Gasteiger partial charge on any atom is -0.441 e. The van der Waals surface area contributed by atoms with Crippen molar-refractivity contribution in [1.29, 1.82) is 0 Å². The molecule has 1 aliphatic carbocycles. The summed E-state index contributed by atoms with van der Waals surface area (Å²) in [7, 11) is 0. The number of benzene rings is 1. The van der Waals surface area contributed by atoms with Crippen molar-refractivity contribution in [1.82, 2.24) is 20.2 Å². The molecule has 2 amide bonds. The van der Waals surface area contributed by atoms with Gasteiger partial charge in [0.1, 0.15) is 17.6 Å². The standard InChI is InChI=1S/C22H26N4O3/c1-22(2)19(15-6-4-3-5-7-15)26(21(28)29-22)17-10-8-16(9-11-17)25-20(27)18-12-13-23-14-24-18/h3-7,12-14,16-17,19H,8-11H2,1-2H3,(H,25,27). The lowest BCUT2D eigenvalue weighted by molar-refractivity contribution is 0.0663. The first kappa shape index (κ1) is 19.4.